The van der Waals surface area contributed by atoms with Crippen LogP contribution in [0.3, 0.4) is 0 Å². The van der Waals surface area contributed by atoms with Crippen molar-refractivity contribution in [2.45, 2.75) is 0 Å². The summed E-state index contributed by atoms with van der Waals surface area (Å²) < 4.78 is 0. The van der Waals surface area contributed by atoms with Crippen molar-refractivity contribution >= 4 is 17.4 Å². The molecule has 0 unspecified atom stereocenters. The molecule has 0 saturated heterocycles. The largest absolute Gasteiger partial charge is 0.384 e. The molecule has 2 heterocycles. The molecule has 0 spiro atoms. The van der Waals surface area contributed by atoms with Crippen molar-refractivity contribution in [2.24, 2.45) is 0 Å². The Morgan fingerprint density at radius 1 is 1.29 bits per heavy atom. The summed E-state index contributed by atoms with van der Waals surface area (Å²) >= 11 is 0. The first kappa shape index (κ1) is 11.1. The van der Waals surface area contributed by atoms with E-state index < -0.39 is 0 Å². The van der Waals surface area contributed by atoms with Crippen LogP contribution in [0.15, 0.2) is 42.9 Å². The third kappa shape index (κ3) is 2.39. The van der Waals surface area contributed by atoms with E-state index in [-0.39, 0.29) is 5.91 Å². The van der Waals surface area contributed by atoms with Gasteiger partial charge in [0.15, 0.2) is 0 Å². The fraction of sp³-hybridized carbons (Fsp3) is 0.0833. The number of hydrogen-bond donors (Lipinski definition) is 1. The minimum absolute atomic E-state index is 0.148. The number of carbonyl (C=O) groups excluding carboxylic acids is 1. The first-order valence-electron chi connectivity index (χ1n) is 5.08. The van der Waals surface area contributed by atoms with Crippen LogP contribution in [-0.2, 0) is 0 Å². The van der Waals surface area contributed by atoms with Crippen LogP contribution in [0.5, 0.6) is 0 Å². The summed E-state index contributed by atoms with van der Waals surface area (Å²) in [4.78, 5) is 21.4. The molecule has 0 atom stereocenters. The SMILES string of the molecule is CN(C(=O)c1ccc(N)nc1)c1cccnc1. The second-order valence-electron chi connectivity index (χ2n) is 3.55. The molecule has 5 nitrogen and oxygen atoms in total. The molecular weight excluding hydrogens is 216 g/mol. The maximum Gasteiger partial charge on any atom is 0.259 e. The predicted octanol–water partition coefficient (Wildman–Crippen LogP) is 1.34. The van der Waals surface area contributed by atoms with Gasteiger partial charge in [0.2, 0.25) is 0 Å². The van der Waals surface area contributed by atoms with Crippen LogP contribution in [0.1, 0.15) is 10.4 Å². The standard InChI is InChI=1S/C12H12N4O/c1-16(10-3-2-6-14-8-10)12(17)9-4-5-11(13)15-7-9/h2-8H,1H3,(H2,13,15). The molecular formula is C12H12N4O. The number of nitrogens with two attached hydrogens (primary N) is 1. The average Bonchev–Trinajstić information content (AvgIpc) is 2.39. The van der Waals surface area contributed by atoms with E-state index in [4.69, 9.17) is 5.73 Å². The lowest BCUT2D eigenvalue weighted by molar-refractivity contribution is 0.0992. The van der Waals surface area contributed by atoms with Crippen molar-refractivity contribution < 1.29 is 4.79 Å². The van der Waals surface area contributed by atoms with Crippen LogP contribution >= 0.6 is 0 Å². The smallest absolute Gasteiger partial charge is 0.259 e. The van der Waals surface area contributed by atoms with Crippen molar-refractivity contribution in [1.82, 2.24) is 9.97 Å². The van der Waals surface area contributed by atoms with Crippen LogP contribution in [0, 0.1) is 0 Å². The molecule has 0 aromatic carbocycles. The molecule has 0 aliphatic heterocycles. The summed E-state index contributed by atoms with van der Waals surface area (Å²) in [5.74, 6) is 0.246. The van der Waals surface area contributed by atoms with Gasteiger partial charge in [0.05, 0.1) is 17.4 Å². The lowest BCUT2D eigenvalue weighted by Crippen LogP contribution is -2.26. The molecule has 5 heteroatoms. The first-order chi connectivity index (χ1) is 8.18. The molecule has 0 saturated carbocycles. The van der Waals surface area contributed by atoms with E-state index in [9.17, 15) is 4.79 Å². The van der Waals surface area contributed by atoms with Gasteiger partial charge in [0, 0.05) is 19.4 Å². The Kier molecular flexibility index (Phi) is 3.00. The van der Waals surface area contributed by atoms with Crippen molar-refractivity contribution in [3.05, 3.63) is 48.4 Å². The Hall–Kier alpha value is -2.43. The zero-order chi connectivity index (χ0) is 12.3. The predicted molar refractivity (Wildman–Crippen MR) is 65.6 cm³/mol. The summed E-state index contributed by atoms with van der Waals surface area (Å²) in [5, 5.41) is 0. The van der Waals surface area contributed by atoms with Crippen molar-refractivity contribution in [3.63, 3.8) is 0 Å². The second-order valence-corrected chi connectivity index (χ2v) is 3.55. The number of aromatic nitrogens is 2. The van der Waals surface area contributed by atoms with E-state index in [1.807, 2.05) is 6.07 Å². The number of nitrogens with zero attached hydrogens (tertiary/aromatic N) is 3. The minimum Gasteiger partial charge on any atom is -0.384 e. The highest BCUT2D eigenvalue weighted by atomic mass is 16.2. The van der Waals surface area contributed by atoms with Gasteiger partial charge >= 0.3 is 0 Å². The average molecular weight is 228 g/mol. The number of hydrogen-bond acceptors (Lipinski definition) is 4. The van der Waals surface area contributed by atoms with Crippen molar-refractivity contribution in [2.75, 3.05) is 17.7 Å². The van der Waals surface area contributed by atoms with Crippen LogP contribution in [-0.4, -0.2) is 22.9 Å². The quantitative estimate of drug-likeness (QED) is 0.841. The minimum atomic E-state index is -0.148. The van der Waals surface area contributed by atoms with Crippen LogP contribution < -0.4 is 10.6 Å². The molecule has 0 aliphatic rings. The molecule has 86 valence electrons. The summed E-state index contributed by atoms with van der Waals surface area (Å²) in [6.07, 6.45) is 4.75. The Labute approximate surface area is 98.9 Å². The molecule has 2 aromatic rings. The Balaban J connectivity index is 2.23. The third-order valence-corrected chi connectivity index (χ3v) is 2.37. The van der Waals surface area contributed by atoms with Gasteiger partial charge in [-0.05, 0) is 24.3 Å². The van der Waals surface area contributed by atoms with E-state index in [2.05, 4.69) is 9.97 Å². The van der Waals surface area contributed by atoms with Crippen LogP contribution in [0.25, 0.3) is 0 Å². The fourth-order valence-electron chi connectivity index (χ4n) is 1.39. The van der Waals surface area contributed by atoms with Crippen LogP contribution in [0.4, 0.5) is 11.5 Å². The van der Waals surface area contributed by atoms with Crippen LogP contribution in [0.2, 0.25) is 0 Å². The van der Waals surface area contributed by atoms with Gasteiger partial charge in [-0.3, -0.25) is 9.78 Å². The number of nitrogen functional groups attached to an aromatic ring is 1. The van der Waals surface area contributed by atoms with E-state index in [1.54, 1.807) is 37.6 Å². The molecule has 2 N–H and O–H groups in total. The monoisotopic (exact) mass is 228 g/mol. The molecule has 2 rings (SSSR count). The molecule has 17 heavy (non-hydrogen) atoms. The van der Waals surface area contributed by atoms with Gasteiger partial charge in [-0.1, -0.05) is 0 Å². The number of rotatable bonds is 2. The molecule has 2 aromatic heterocycles. The summed E-state index contributed by atoms with van der Waals surface area (Å²) in [7, 11) is 1.69. The van der Waals surface area contributed by atoms with Crippen molar-refractivity contribution in [1.29, 1.82) is 0 Å². The Morgan fingerprint density at radius 2 is 2.12 bits per heavy atom. The maximum absolute atomic E-state index is 12.1. The number of pyridine rings is 2. The van der Waals surface area contributed by atoms with E-state index >= 15 is 0 Å². The van der Waals surface area contributed by atoms with E-state index in [1.165, 1.54) is 11.1 Å². The maximum atomic E-state index is 12.1. The second kappa shape index (κ2) is 4.61. The molecule has 0 radical (unpaired) electrons. The Bertz CT molecular complexity index is 510. The van der Waals surface area contributed by atoms with Gasteiger partial charge in [-0.2, -0.15) is 0 Å². The third-order valence-electron chi connectivity index (χ3n) is 2.37. The summed E-state index contributed by atoms with van der Waals surface area (Å²) in [6, 6.07) is 6.85. The highest BCUT2D eigenvalue weighted by Crippen LogP contribution is 2.13. The summed E-state index contributed by atoms with van der Waals surface area (Å²) in [5.41, 5.74) is 6.69. The van der Waals surface area contributed by atoms with Gasteiger partial charge in [0.1, 0.15) is 5.82 Å². The summed E-state index contributed by atoms with van der Waals surface area (Å²) in [6.45, 7) is 0. The number of anilines is 2. The Morgan fingerprint density at radius 3 is 2.71 bits per heavy atom. The lowest BCUT2D eigenvalue weighted by atomic mass is 10.2. The van der Waals surface area contributed by atoms with Gasteiger partial charge < -0.3 is 10.6 Å². The zero-order valence-corrected chi connectivity index (χ0v) is 9.37. The van der Waals surface area contributed by atoms with Gasteiger partial charge in [0.25, 0.3) is 5.91 Å². The van der Waals surface area contributed by atoms with Gasteiger partial charge in [-0.25, -0.2) is 4.98 Å². The zero-order valence-electron chi connectivity index (χ0n) is 9.37. The lowest BCUT2D eigenvalue weighted by Gasteiger charge is -2.16. The molecule has 0 fully saturated rings. The molecule has 1 amide bonds. The normalized spacial score (nSPS) is 9.94. The first-order valence-corrected chi connectivity index (χ1v) is 5.08. The molecule has 0 aliphatic carbocycles. The van der Waals surface area contributed by atoms with E-state index in [0.717, 1.165) is 5.69 Å². The van der Waals surface area contributed by atoms with Gasteiger partial charge in [-0.15, -0.1) is 0 Å². The topological polar surface area (TPSA) is 72.1 Å². The number of carbonyl (C=O) groups is 1. The fourth-order valence-corrected chi connectivity index (χ4v) is 1.39. The molecule has 0 bridgehead atoms. The number of amides is 1. The van der Waals surface area contributed by atoms with Crippen molar-refractivity contribution in [3.8, 4) is 0 Å². The highest BCUT2D eigenvalue weighted by Gasteiger charge is 2.13. The highest BCUT2D eigenvalue weighted by molar-refractivity contribution is 6.05. The van der Waals surface area contributed by atoms with E-state index in [0.29, 0.717) is 11.4 Å².